The number of nitrogens with two attached hydrogens (primary N) is 1. The van der Waals surface area contributed by atoms with Crippen LogP contribution >= 0.6 is 23.1 Å². The Morgan fingerprint density at radius 3 is 2.71 bits per heavy atom. The summed E-state index contributed by atoms with van der Waals surface area (Å²) in [5, 5.41) is 15.9. The highest BCUT2D eigenvalue weighted by Crippen LogP contribution is 2.41. The number of fused-ring (bicyclic) bond motifs is 1. The zero-order valence-electron chi connectivity index (χ0n) is 22.3. The van der Waals surface area contributed by atoms with E-state index >= 15 is 0 Å². The molecule has 0 aromatic carbocycles. The molecule has 13 nitrogen and oxygen atoms in total. The van der Waals surface area contributed by atoms with Crippen LogP contribution in [0.4, 0.5) is 5.13 Å². The maximum atomic E-state index is 13.4. The van der Waals surface area contributed by atoms with Crippen molar-refractivity contribution in [1.82, 2.24) is 20.2 Å². The first-order valence-corrected chi connectivity index (χ1v) is 14.4. The van der Waals surface area contributed by atoms with Gasteiger partial charge in [-0.25, -0.2) is 9.78 Å². The summed E-state index contributed by atoms with van der Waals surface area (Å²) >= 11 is 2.38. The molecule has 2 aromatic heterocycles. The predicted molar refractivity (Wildman–Crippen MR) is 151 cm³/mol. The maximum absolute atomic E-state index is 13.4. The van der Waals surface area contributed by atoms with Crippen LogP contribution in [-0.2, 0) is 28.7 Å². The molecular formula is C26H28N6O7S2. The van der Waals surface area contributed by atoms with Gasteiger partial charge < -0.3 is 25.7 Å². The highest BCUT2D eigenvalue weighted by molar-refractivity contribution is 8.00. The number of pyridine rings is 1. The van der Waals surface area contributed by atoms with Gasteiger partial charge in [-0.2, -0.15) is 0 Å². The fourth-order valence-electron chi connectivity index (χ4n) is 4.05. The Labute approximate surface area is 243 Å². The smallest absolute Gasteiger partial charge is 0.358 e. The maximum Gasteiger partial charge on any atom is 0.358 e. The van der Waals surface area contributed by atoms with Gasteiger partial charge >= 0.3 is 11.9 Å². The molecule has 216 valence electrons. The van der Waals surface area contributed by atoms with E-state index in [4.69, 9.17) is 15.2 Å². The first-order chi connectivity index (χ1) is 19.6. The number of hydrogen-bond acceptors (Lipinski definition) is 13. The molecular weight excluding hydrogens is 572 g/mol. The lowest BCUT2D eigenvalue weighted by atomic mass is 10.0. The van der Waals surface area contributed by atoms with Crippen LogP contribution in [0.15, 0.2) is 52.4 Å². The molecule has 41 heavy (non-hydrogen) atoms. The third kappa shape index (κ3) is 6.92. The number of allylic oxidation sites excluding steroid dienone is 1. The van der Waals surface area contributed by atoms with Gasteiger partial charge in [-0.3, -0.25) is 24.3 Å². The molecule has 4 rings (SSSR count). The number of carbonyl (C=O) groups is 4. The quantitative estimate of drug-likeness (QED) is 0.0906. The summed E-state index contributed by atoms with van der Waals surface area (Å²) in [7, 11) is 0. The van der Waals surface area contributed by atoms with Crippen molar-refractivity contribution in [2.75, 3.05) is 11.5 Å². The number of oxime groups is 1. The largest absolute Gasteiger partial charge is 0.425 e. The molecule has 2 aromatic rings. The Balaban J connectivity index is 1.55. The molecule has 0 spiro atoms. The summed E-state index contributed by atoms with van der Waals surface area (Å²) in [5.74, 6) is -2.43. The lowest BCUT2D eigenvalue weighted by Gasteiger charge is -2.49. The summed E-state index contributed by atoms with van der Waals surface area (Å²) < 4.78 is 10.6. The third-order valence-electron chi connectivity index (χ3n) is 5.86. The number of thioether (sulfide) groups is 1. The van der Waals surface area contributed by atoms with Crippen molar-refractivity contribution in [2.45, 2.75) is 44.9 Å². The molecule has 2 aliphatic rings. The number of amides is 2. The van der Waals surface area contributed by atoms with Crippen molar-refractivity contribution >= 4 is 63.8 Å². The van der Waals surface area contributed by atoms with E-state index in [2.05, 4.69) is 20.4 Å². The van der Waals surface area contributed by atoms with Gasteiger partial charge in [0.1, 0.15) is 22.8 Å². The van der Waals surface area contributed by atoms with Crippen LogP contribution in [0.1, 0.15) is 38.4 Å². The Morgan fingerprint density at radius 2 is 2.07 bits per heavy atom. The van der Waals surface area contributed by atoms with Gasteiger partial charge in [-0.05, 0) is 23.1 Å². The molecule has 0 bridgehead atoms. The number of thiazole rings is 1. The van der Waals surface area contributed by atoms with Gasteiger partial charge in [0, 0.05) is 36.9 Å². The summed E-state index contributed by atoms with van der Waals surface area (Å²) in [5.41, 5.74) is 6.50. The number of carbonyl (C=O) groups excluding carboxylic acids is 4. The molecule has 0 unspecified atom stereocenters. The molecule has 4 N–H and O–H groups in total. The van der Waals surface area contributed by atoms with Gasteiger partial charge in [0.05, 0.1) is 0 Å². The first-order valence-electron chi connectivity index (χ1n) is 12.5. The molecule has 15 heteroatoms. The van der Waals surface area contributed by atoms with Crippen molar-refractivity contribution in [3.05, 3.63) is 58.5 Å². The van der Waals surface area contributed by atoms with Crippen LogP contribution in [-0.4, -0.2) is 73.0 Å². The van der Waals surface area contributed by atoms with Crippen molar-refractivity contribution in [3.8, 4) is 0 Å². The van der Waals surface area contributed by atoms with E-state index in [9.17, 15) is 24.4 Å². The van der Waals surface area contributed by atoms with Crippen molar-refractivity contribution < 1.29 is 33.9 Å². The fraction of sp³-hybridized carbons (Fsp3) is 0.346. The number of nitrogen functional groups attached to an aromatic ring is 1. The van der Waals surface area contributed by atoms with Crippen LogP contribution in [0, 0.1) is 5.92 Å². The number of nitrogens with zero attached hydrogens (tertiary/aromatic N) is 4. The lowest BCUT2D eigenvalue weighted by Crippen LogP contribution is -2.71. The van der Waals surface area contributed by atoms with E-state index < -0.39 is 47.2 Å². The summed E-state index contributed by atoms with van der Waals surface area (Å²) in [6, 6.07) is 2.57. The highest BCUT2D eigenvalue weighted by atomic mass is 32.2. The molecule has 4 heterocycles. The SMILES string of the molecule is CC(C)CC(=O)O[C@@H](C)OC(=O)C1=C(/C=C\c2cccnc2)CS[C@@H]2[C@H](NC(=O)C(=NO)c3csc(N)n3)C(=O)N12. The van der Waals surface area contributed by atoms with Crippen LogP contribution in [0.2, 0.25) is 0 Å². The van der Waals surface area contributed by atoms with Gasteiger partial charge in [-0.1, -0.05) is 37.2 Å². The average molecular weight is 601 g/mol. The third-order valence-corrected chi connectivity index (χ3v) is 7.84. The molecule has 2 amide bonds. The number of esters is 2. The number of aromatic nitrogens is 2. The van der Waals surface area contributed by atoms with E-state index in [-0.39, 0.29) is 28.9 Å². The molecule has 0 saturated carbocycles. The highest BCUT2D eigenvalue weighted by Gasteiger charge is 2.54. The second kappa shape index (κ2) is 13.0. The second-order valence-corrected chi connectivity index (χ2v) is 11.4. The summed E-state index contributed by atoms with van der Waals surface area (Å²) in [6.07, 6.45) is 5.66. The predicted octanol–water partition coefficient (Wildman–Crippen LogP) is 2.14. The first kappa shape index (κ1) is 29.7. The minimum absolute atomic E-state index is 0.0283. The topological polar surface area (TPSA) is 186 Å². The van der Waals surface area contributed by atoms with E-state index in [1.54, 1.807) is 30.6 Å². The second-order valence-electron chi connectivity index (χ2n) is 9.43. The monoisotopic (exact) mass is 600 g/mol. The number of β-lactam (4-membered cyclic amide) rings is 1. The van der Waals surface area contributed by atoms with E-state index in [0.717, 1.165) is 16.9 Å². The van der Waals surface area contributed by atoms with Gasteiger partial charge in [-0.15, -0.1) is 23.1 Å². The normalized spacial score (nSPS) is 19.6. The van der Waals surface area contributed by atoms with Crippen LogP contribution in [0.3, 0.4) is 0 Å². The van der Waals surface area contributed by atoms with Crippen molar-refractivity contribution in [3.63, 3.8) is 0 Å². The Hall–Kier alpha value is -4.24. The van der Waals surface area contributed by atoms with Gasteiger partial charge in [0.15, 0.2) is 10.8 Å². The van der Waals surface area contributed by atoms with E-state index in [0.29, 0.717) is 11.3 Å². The molecule has 1 saturated heterocycles. The number of anilines is 1. The van der Waals surface area contributed by atoms with E-state index in [1.807, 2.05) is 19.9 Å². The minimum Gasteiger partial charge on any atom is -0.425 e. The lowest BCUT2D eigenvalue weighted by molar-refractivity contribution is -0.184. The molecule has 1 fully saturated rings. The van der Waals surface area contributed by atoms with E-state index in [1.165, 1.54) is 29.0 Å². The molecule has 0 aliphatic carbocycles. The molecule has 2 aliphatic heterocycles. The standard InChI is InChI=1S/C26H28N6O7S2/c1-13(2)9-18(33)38-14(3)39-25(36)21-16(7-6-15-5-4-8-28-10-15)11-40-24-20(23(35)32(21)24)30-22(34)19(31-37)17-12-41-26(27)29-17/h4-8,10,12-14,20,24,37H,9,11H2,1-3H3,(H2,27,29)(H,30,34)/b7-6-,31-19?/t14-,20-,24-/m1/s1. The zero-order chi connectivity index (χ0) is 29.7. The molecule has 0 radical (unpaired) electrons. The van der Waals surface area contributed by atoms with Gasteiger partial charge in [0.2, 0.25) is 6.29 Å². The van der Waals surface area contributed by atoms with Crippen LogP contribution in [0.5, 0.6) is 0 Å². The van der Waals surface area contributed by atoms with Crippen LogP contribution in [0.25, 0.3) is 6.08 Å². The summed E-state index contributed by atoms with van der Waals surface area (Å²) in [6.45, 7) is 5.13. The van der Waals surface area contributed by atoms with Crippen LogP contribution < -0.4 is 11.1 Å². The number of nitrogens with one attached hydrogen (secondary N) is 1. The molecule has 3 atom stereocenters. The number of hydrogen-bond donors (Lipinski definition) is 3. The number of ether oxygens (including phenoxy) is 2. The van der Waals surface area contributed by atoms with Crippen molar-refractivity contribution in [1.29, 1.82) is 0 Å². The Kier molecular flexibility index (Phi) is 9.39. The van der Waals surface area contributed by atoms with Gasteiger partial charge in [0.25, 0.3) is 11.8 Å². The number of rotatable bonds is 10. The Morgan fingerprint density at radius 1 is 1.29 bits per heavy atom. The van der Waals surface area contributed by atoms with Crippen molar-refractivity contribution in [2.24, 2.45) is 11.1 Å². The average Bonchev–Trinajstić information content (AvgIpc) is 3.35. The fourth-order valence-corrected chi connectivity index (χ4v) is 5.91. The minimum atomic E-state index is -1.20. The zero-order valence-corrected chi connectivity index (χ0v) is 24.0. The Bertz CT molecular complexity index is 1420. The summed E-state index contributed by atoms with van der Waals surface area (Å²) in [4.78, 5) is 60.8.